The van der Waals surface area contributed by atoms with Gasteiger partial charge in [-0.05, 0) is 38.2 Å². The van der Waals surface area contributed by atoms with Gasteiger partial charge in [-0.15, -0.1) is 0 Å². The molecule has 0 bridgehead atoms. The SMILES string of the molecule is CCNc1cc(NCCCOCC2CC2)ccn1. The first-order valence-corrected chi connectivity index (χ1v) is 6.90. The monoisotopic (exact) mass is 249 g/mol. The van der Waals surface area contributed by atoms with Crippen LogP contribution in [-0.4, -0.2) is 31.3 Å². The van der Waals surface area contributed by atoms with E-state index < -0.39 is 0 Å². The van der Waals surface area contributed by atoms with Crippen LogP contribution in [0.3, 0.4) is 0 Å². The molecule has 1 aliphatic rings. The zero-order valence-corrected chi connectivity index (χ0v) is 11.1. The zero-order valence-electron chi connectivity index (χ0n) is 11.1. The molecule has 1 aliphatic carbocycles. The Morgan fingerprint density at radius 3 is 3.06 bits per heavy atom. The van der Waals surface area contributed by atoms with Gasteiger partial charge in [0.2, 0.25) is 0 Å². The van der Waals surface area contributed by atoms with Crippen molar-refractivity contribution in [3.8, 4) is 0 Å². The molecule has 4 nitrogen and oxygen atoms in total. The van der Waals surface area contributed by atoms with Gasteiger partial charge in [-0.2, -0.15) is 0 Å². The molecule has 2 rings (SSSR count). The Hall–Kier alpha value is -1.29. The van der Waals surface area contributed by atoms with Gasteiger partial charge < -0.3 is 15.4 Å². The molecular weight excluding hydrogens is 226 g/mol. The second-order valence-electron chi connectivity index (χ2n) is 4.76. The van der Waals surface area contributed by atoms with Gasteiger partial charge in [0.25, 0.3) is 0 Å². The molecule has 0 aliphatic heterocycles. The van der Waals surface area contributed by atoms with Crippen LogP contribution in [0, 0.1) is 5.92 Å². The molecule has 0 saturated heterocycles. The van der Waals surface area contributed by atoms with Crippen molar-refractivity contribution < 1.29 is 4.74 Å². The number of ether oxygens (including phenoxy) is 1. The van der Waals surface area contributed by atoms with Gasteiger partial charge in [0.1, 0.15) is 5.82 Å². The second kappa shape index (κ2) is 7.21. The number of hydrogen-bond acceptors (Lipinski definition) is 4. The molecular formula is C14H23N3O. The van der Waals surface area contributed by atoms with E-state index in [1.54, 1.807) is 0 Å². The van der Waals surface area contributed by atoms with Crippen molar-refractivity contribution in [2.24, 2.45) is 5.92 Å². The van der Waals surface area contributed by atoms with Gasteiger partial charge in [-0.1, -0.05) is 0 Å². The third-order valence-electron chi connectivity index (χ3n) is 2.96. The molecule has 0 unspecified atom stereocenters. The van der Waals surface area contributed by atoms with Gasteiger partial charge in [0, 0.05) is 44.3 Å². The van der Waals surface area contributed by atoms with E-state index in [1.165, 1.54) is 12.8 Å². The van der Waals surface area contributed by atoms with Crippen LogP contribution in [0.5, 0.6) is 0 Å². The Labute approximate surface area is 109 Å². The third-order valence-corrected chi connectivity index (χ3v) is 2.96. The highest BCUT2D eigenvalue weighted by atomic mass is 16.5. The van der Waals surface area contributed by atoms with Gasteiger partial charge in [-0.3, -0.25) is 0 Å². The largest absolute Gasteiger partial charge is 0.385 e. The fraction of sp³-hybridized carbons (Fsp3) is 0.643. The molecule has 1 saturated carbocycles. The van der Waals surface area contributed by atoms with E-state index in [4.69, 9.17) is 4.74 Å². The van der Waals surface area contributed by atoms with E-state index >= 15 is 0 Å². The first-order chi connectivity index (χ1) is 8.88. The van der Waals surface area contributed by atoms with Gasteiger partial charge >= 0.3 is 0 Å². The van der Waals surface area contributed by atoms with Crippen molar-refractivity contribution >= 4 is 11.5 Å². The van der Waals surface area contributed by atoms with E-state index in [0.717, 1.165) is 50.1 Å². The van der Waals surface area contributed by atoms with Crippen LogP contribution < -0.4 is 10.6 Å². The second-order valence-corrected chi connectivity index (χ2v) is 4.76. The first-order valence-electron chi connectivity index (χ1n) is 6.90. The van der Waals surface area contributed by atoms with Crippen molar-refractivity contribution in [3.63, 3.8) is 0 Å². The minimum Gasteiger partial charge on any atom is -0.385 e. The maximum atomic E-state index is 5.59. The summed E-state index contributed by atoms with van der Waals surface area (Å²) in [5.74, 6) is 1.79. The van der Waals surface area contributed by atoms with Crippen molar-refractivity contribution in [1.29, 1.82) is 0 Å². The molecule has 4 heteroatoms. The van der Waals surface area contributed by atoms with Crippen LogP contribution >= 0.6 is 0 Å². The third kappa shape index (κ3) is 4.92. The lowest BCUT2D eigenvalue weighted by molar-refractivity contribution is 0.124. The molecule has 0 amide bonds. The van der Waals surface area contributed by atoms with E-state index in [0.29, 0.717) is 0 Å². The Kier molecular flexibility index (Phi) is 5.27. The maximum absolute atomic E-state index is 5.59. The van der Waals surface area contributed by atoms with Crippen LogP contribution in [0.25, 0.3) is 0 Å². The average molecular weight is 249 g/mol. The summed E-state index contributed by atoms with van der Waals surface area (Å²) in [6.07, 6.45) is 5.60. The number of anilines is 2. The normalized spacial score (nSPS) is 14.5. The fourth-order valence-corrected chi connectivity index (χ4v) is 1.76. The highest BCUT2D eigenvalue weighted by Crippen LogP contribution is 2.28. The predicted octanol–water partition coefficient (Wildman–Crippen LogP) is 2.74. The van der Waals surface area contributed by atoms with Gasteiger partial charge in [-0.25, -0.2) is 4.98 Å². The first kappa shape index (κ1) is 13.1. The molecule has 18 heavy (non-hydrogen) atoms. The quantitative estimate of drug-likeness (QED) is 0.661. The summed E-state index contributed by atoms with van der Waals surface area (Å²) in [4.78, 5) is 4.24. The number of hydrogen-bond donors (Lipinski definition) is 2. The number of rotatable bonds is 9. The van der Waals surface area contributed by atoms with Gasteiger partial charge in [0.15, 0.2) is 0 Å². The summed E-state index contributed by atoms with van der Waals surface area (Å²) >= 11 is 0. The number of nitrogens with zero attached hydrogens (tertiary/aromatic N) is 1. The topological polar surface area (TPSA) is 46.2 Å². The van der Waals surface area contributed by atoms with Crippen LogP contribution in [-0.2, 0) is 4.74 Å². The highest BCUT2D eigenvalue weighted by Gasteiger charge is 2.20. The Morgan fingerprint density at radius 1 is 1.39 bits per heavy atom. The Bertz CT molecular complexity index is 353. The Morgan fingerprint density at radius 2 is 2.28 bits per heavy atom. The lowest BCUT2D eigenvalue weighted by Gasteiger charge is -2.08. The molecule has 1 fully saturated rings. The average Bonchev–Trinajstić information content (AvgIpc) is 3.19. The molecule has 2 N–H and O–H groups in total. The van der Waals surface area contributed by atoms with Crippen LogP contribution in [0.1, 0.15) is 26.2 Å². The van der Waals surface area contributed by atoms with E-state index in [1.807, 2.05) is 18.3 Å². The van der Waals surface area contributed by atoms with Crippen LogP contribution in [0.2, 0.25) is 0 Å². The molecule has 1 heterocycles. The van der Waals surface area contributed by atoms with Crippen molar-refractivity contribution in [3.05, 3.63) is 18.3 Å². The smallest absolute Gasteiger partial charge is 0.127 e. The number of aromatic nitrogens is 1. The van der Waals surface area contributed by atoms with Gasteiger partial charge in [0.05, 0.1) is 0 Å². The van der Waals surface area contributed by atoms with Crippen molar-refractivity contribution in [2.75, 3.05) is 36.9 Å². The van der Waals surface area contributed by atoms with Crippen molar-refractivity contribution in [2.45, 2.75) is 26.2 Å². The standard InChI is InChI=1S/C14H23N3O/c1-2-15-14-10-13(6-8-17-14)16-7-3-9-18-11-12-4-5-12/h6,8,10,12H,2-5,7,9,11H2,1H3,(H2,15,16,17). The number of nitrogens with one attached hydrogen (secondary N) is 2. The molecule has 0 aromatic carbocycles. The molecule has 0 atom stereocenters. The van der Waals surface area contributed by atoms with E-state index in [9.17, 15) is 0 Å². The zero-order chi connectivity index (χ0) is 12.6. The lowest BCUT2D eigenvalue weighted by atomic mass is 10.3. The minimum atomic E-state index is 0.856. The van der Waals surface area contributed by atoms with E-state index in [-0.39, 0.29) is 0 Å². The van der Waals surface area contributed by atoms with Crippen LogP contribution in [0.15, 0.2) is 18.3 Å². The summed E-state index contributed by atoms with van der Waals surface area (Å²) in [6.45, 7) is 5.72. The summed E-state index contributed by atoms with van der Waals surface area (Å²) in [6, 6.07) is 4.03. The van der Waals surface area contributed by atoms with E-state index in [2.05, 4.69) is 22.5 Å². The van der Waals surface area contributed by atoms with Crippen LogP contribution in [0.4, 0.5) is 11.5 Å². The molecule has 0 radical (unpaired) electrons. The summed E-state index contributed by atoms with van der Waals surface area (Å²) in [5.41, 5.74) is 1.11. The number of pyridine rings is 1. The highest BCUT2D eigenvalue weighted by molar-refractivity contribution is 5.51. The molecule has 100 valence electrons. The molecule has 1 aromatic heterocycles. The Balaban J connectivity index is 1.58. The predicted molar refractivity (Wildman–Crippen MR) is 75.1 cm³/mol. The fourth-order valence-electron chi connectivity index (χ4n) is 1.76. The summed E-state index contributed by atoms with van der Waals surface area (Å²) in [7, 11) is 0. The molecule has 0 spiro atoms. The summed E-state index contributed by atoms with van der Waals surface area (Å²) in [5, 5.41) is 6.59. The minimum absolute atomic E-state index is 0.856. The lowest BCUT2D eigenvalue weighted by Crippen LogP contribution is -2.07. The summed E-state index contributed by atoms with van der Waals surface area (Å²) < 4.78 is 5.59. The molecule has 1 aromatic rings. The maximum Gasteiger partial charge on any atom is 0.127 e. The van der Waals surface area contributed by atoms with Crippen molar-refractivity contribution in [1.82, 2.24) is 4.98 Å².